The maximum Gasteiger partial charge on any atom is 0.352 e. The topological polar surface area (TPSA) is 66.8 Å². The zero-order valence-electron chi connectivity index (χ0n) is 15.3. The minimum Gasteiger partial charge on any atom is -0.477 e. The molecule has 3 aliphatic rings. The molecule has 0 aromatic carbocycles. The molecular weight excluding hydrogens is 342 g/mol. The van der Waals surface area contributed by atoms with Crippen LogP contribution in [0.5, 0.6) is 0 Å². The van der Waals surface area contributed by atoms with Gasteiger partial charge in [-0.25, -0.2) is 4.79 Å². The van der Waals surface area contributed by atoms with Crippen LogP contribution in [0.25, 0.3) is 0 Å². The first-order chi connectivity index (χ1) is 11.0. The number of carboxylic acids is 1. The molecule has 3 aliphatic heterocycles. The van der Waals surface area contributed by atoms with E-state index >= 15 is 0 Å². The van der Waals surface area contributed by atoms with Gasteiger partial charge in [-0.2, -0.15) is 11.8 Å². The summed E-state index contributed by atoms with van der Waals surface area (Å²) in [5.41, 5.74) is 1.20. The van der Waals surface area contributed by atoms with Gasteiger partial charge in [0.15, 0.2) is 8.32 Å². The molecule has 0 unspecified atom stereocenters. The molecule has 0 spiro atoms. The molecule has 3 rings (SSSR count). The average Bonchev–Trinajstić information content (AvgIpc) is 2.95. The fourth-order valence-corrected chi connectivity index (χ4v) is 6.74. The summed E-state index contributed by atoms with van der Waals surface area (Å²) in [5.74, 6) is -0.322. The zero-order valence-corrected chi connectivity index (χ0v) is 17.1. The fourth-order valence-electron chi connectivity index (χ4n) is 3.80. The van der Waals surface area contributed by atoms with Gasteiger partial charge in [0.05, 0.1) is 23.3 Å². The normalized spacial score (nSPS) is 31.0. The Morgan fingerprint density at radius 2 is 2.04 bits per heavy atom. The second-order valence-corrected chi connectivity index (χ2v) is 14.5. The minimum absolute atomic E-state index is 0.0362. The minimum atomic E-state index is -1.97. The number of rotatable bonds is 4. The Kier molecular flexibility index (Phi) is 4.21. The highest BCUT2D eigenvalue weighted by Crippen LogP contribution is 2.53. The largest absolute Gasteiger partial charge is 0.477 e. The van der Waals surface area contributed by atoms with Gasteiger partial charge in [-0.05, 0) is 42.8 Å². The van der Waals surface area contributed by atoms with Crippen molar-refractivity contribution in [3.8, 4) is 0 Å². The van der Waals surface area contributed by atoms with Crippen LogP contribution in [-0.2, 0) is 14.0 Å². The highest BCUT2D eigenvalue weighted by Gasteiger charge is 2.63. The molecule has 3 heterocycles. The summed E-state index contributed by atoms with van der Waals surface area (Å²) in [6.07, 6.45) is 0.608. The number of aliphatic carboxylic acids is 1. The zero-order chi connectivity index (χ0) is 18.0. The summed E-state index contributed by atoms with van der Waals surface area (Å²) in [7, 11) is -1.97. The second-order valence-electron chi connectivity index (χ2n) is 8.53. The molecule has 2 saturated heterocycles. The summed E-state index contributed by atoms with van der Waals surface area (Å²) >= 11 is 1.78. The van der Waals surface area contributed by atoms with E-state index in [-0.39, 0.29) is 40.0 Å². The lowest BCUT2D eigenvalue weighted by atomic mass is 9.82. The molecule has 5 nitrogen and oxygen atoms in total. The Hall–Kier alpha value is -0.793. The van der Waals surface area contributed by atoms with E-state index in [1.807, 2.05) is 6.92 Å². The number of carbonyl (C=O) groups is 2. The van der Waals surface area contributed by atoms with Crippen LogP contribution in [-0.4, -0.2) is 53.3 Å². The third-order valence-electron chi connectivity index (χ3n) is 6.05. The monoisotopic (exact) mass is 369 g/mol. The lowest BCUT2D eigenvalue weighted by Crippen LogP contribution is -2.66. The van der Waals surface area contributed by atoms with Crippen molar-refractivity contribution in [2.24, 2.45) is 5.92 Å². The van der Waals surface area contributed by atoms with Gasteiger partial charge in [-0.15, -0.1) is 0 Å². The molecule has 7 heteroatoms. The first-order valence-electron chi connectivity index (χ1n) is 8.56. The van der Waals surface area contributed by atoms with E-state index in [1.165, 1.54) is 4.90 Å². The number of β-lactam (4-membered cyclic amide) rings is 1. The van der Waals surface area contributed by atoms with Crippen molar-refractivity contribution in [1.29, 1.82) is 0 Å². The van der Waals surface area contributed by atoms with Crippen LogP contribution in [0.15, 0.2) is 11.3 Å². The highest BCUT2D eigenvalue weighted by molar-refractivity contribution is 8.00. The molecule has 134 valence electrons. The first-order valence-corrected chi connectivity index (χ1v) is 12.5. The van der Waals surface area contributed by atoms with E-state index in [0.29, 0.717) is 0 Å². The quantitative estimate of drug-likeness (QED) is 0.609. The van der Waals surface area contributed by atoms with Gasteiger partial charge in [0.2, 0.25) is 5.91 Å². The molecule has 0 saturated carbocycles. The maximum atomic E-state index is 12.7. The summed E-state index contributed by atoms with van der Waals surface area (Å²) in [6.45, 7) is 12.9. The third-order valence-corrected chi connectivity index (χ3v) is 12.0. The Morgan fingerprint density at radius 1 is 1.42 bits per heavy atom. The number of carboxylic acid groups (broad SMARTS) is 1. The number of carbonyl (C=O) groups excluding carboxylic acids is 1. The standard InChI is InChI=1S/C17H27NO4SSi/c1-9(22-24(5,6)17(2,3)4)11-13-14-10(7-8-23-14)12(16(20)21)18(13)15(11)19/h9,11,13-14H,7-8H2,1-6H3,(H,20,21)/t9-,11-,13+,14+/m1/s1. The Labute approximate surface area is 148 Å². The van der Waals surface area contributed by atoms with Crippen molar-refractivity contribution >= 4 is 32.0 Å². The van der Waals surface area contributed by atoms with Crippen LogP contribution in [0.3, 0.4) is 0 Å². The molecule has 0 radical (unpaired) electrons. The van der Waals surface area contributed by atoms with E-state index < -0.39 is 14.3 Å². The van der Waals surface area contributed by atoms with Crippen molar-refractivity contribution in [2.75, 3.05) is 5.75 Å². The molecule has 0 aromatic rings. The van der Waals surface area contributed by atoms with Crippen molar-refractivity contribution < 1.29 is 19.1 Å². The number of amides is 1. The lowest BCUT2D eigenvalue weighted by Gasteiger charge is -2.50. The van der Waals surface area contributed by atoms with Gasteiger partial charge in [0, 0.05) is 0 Å². The van der Waals surface area contributed by atoms with Crippen LogP contribution in [0.4, 0.5) is 0 Å². The molecule has 4 atom stereocenters. The highest BCUT2D eigenvalue weighted by atomic mass is 32.2. The predicted molar refractivity (Wildman–Crippen MR) is 97.4 cm³/mol. The Bertz CT molecular complexity index is 625. The van der Waals surface area contributed by atoms with E-state index in [9.17, 15) is 14.7 Å². The van der Waals surface area contributed by atoms with Gasteiger partial charge < -0.3 is 14.4 Å². The summed E-state index contributed by atoms with van der Waals surface area (Å²) < 4.78 is 6.45. The van der Waals surface area contributed by atoms with E-state index in [0.717, 1.165) is 17.7 Å². The number of nitrogens with zero attached hydrogens (tertiary/aromatic N) is 1. The summed E-state index contributed by atoms with van der Waals surface area (Å²) in [6, 6.07) is -0.0362. The molecule has 2 fully saturated rings. The van der Waals surface area contributed by atoms with Gasteiger partial charge in [-0.1, -0.05) is 20.8 Å². The SMILES string of the molecule is C[C@@H](O[Si](C)(C)C(C)(C)C)[C@H]1C(=O)N2C(C(=O)O)=C3CCS[C@@H]3[C@H]12. The van der Waals surface area contributed by atoms with Crippen molar-refractivity contribution in [1.82, 2.24) is 4.90 Å². The van der Waals surface area contributed by atoms with Gasteiger partial charge in [-0.3, -0.25) is 4.79 Å². The van der Waals surface area contributed by atoms with E-state index in [4.69, 9.17) is 4.43 Å². The number of hydrogen-bond donors (Lipinski definition) is 1. The molecule has 0 bridgehead atoms. The van der Waals surface area contributed by atoms with Gasteiger partial charge >= 0.3 is 5.97 Å². The maximum absolute atomic E-state index is 12.7. The summed E-state index contributed by atoms with van der Waals surface area (Å²) in [5, 5.41) is 9.76. The lowest BCUT2D eigenvalue weighted by molar-refractivity contribution is -0.160. The molecule has 0 aliphatic carbocycles. The first kappa shape index (κ1) is 18.0. The number of fused-ring (bicyclic) bond motifs is 3. The van der Waals surface area contributed by atoms with Crippen molar-refractivity contribution in [3.05, 3.63) is 11.3 Å². The number of thioether (sulfide) groups is 1. The van der Waals surface area contributed by atoms with Crippen LogP contribution in [0, 0.1) is 5.92 Å². The molecule has 1 amide bonds. The van der Waals surface area contributed by atoms with Crippen molar-refractivity contribution in [3.63, 3.8) is 0 Å². The number of hydrogen-bond acceptors (Lipinski definition) is 4. The van der Waals surface area contributed by atoms with Crippen LogP contribution < -0.4 is 0 Å². The van der Waals surface area contributed by atoms with E-state index in [2.05, 4.69) is 33.9 Å². The summed E-state index contributed by atoms with van der Waals surface area (Å²) in [4.78, 5) is 25.9. The molecule has 0 aromatic heterocycles. The molecule has 24 heavy (non-hydrogen) atoms. The van der Waals surface area contributed by atoms with Crippen LogP contribution in [0.1, 0.15) is 34.1 Å². The van der Waals surface area contributed by atoms with Crippen LogP contribution in [0.2, 0.25) is 18.1 Å². The Morgan fingerprint density at radius 3 is 2.58 bits per heavy atom. The molecule has 1 N–H and O–H groups in total. The van der Waals surface area contributed by atoms with Gasteiger partial charge in [0.25, 0.3) is 0 Å². The average molecular weight is 370 g/mol. The Balaban J connectivity index is 1.82. The van der Waals surface area contributed by atoms with E-state index in [1.54, 1.807) is 11.8 Å². The fraction of sp³-hybridized carbons (Fsp3) is 0.765. The second kappa shape index (κ2) is 5.61. The third kappa shape index (κ3) is 2.47. The predicted octanol–water partition coefficient (Wildman–Crippen LogP) is 3.08. The molecular formula is C17H27NO4SSi. The van der Waals surface area contributed by atoms with Gasteiger partial charge in [0.1, 0.15) is 5.70 Å². The van der Waals surface area contributed by atoms with Crippen molar-refractivity contribution in [2.45, 2.75) is 69.6 Å². The smallest absolute Gasteiger partial charge is 0.352 e. The van der Waals surface area contributed by atoms with Crippen LogP contribution >= 0.6 is 11.8 Å².